The molecule has 0 saturated carbocycles. The van der Waals surface area contributed by atoms with Crippen molar-refractivity contribution < 1.29 is 23.6 Å². The Hall–Kier alpha value is -1.93. The highest BCUT2D eigenvalue weighted by atomic mass is 31.2. The highest BCUT2D eigenvalue weighted by Crippen LogP contribution is 2.40. The van der Waals surface area contributed by atoms with Crippen molar-refractivity contribution in [3.63, 3.8) is 0 Å². The van der Waals surface area contributed by atoms with Crippen LogP contribution < -0.4 is 4.89 Å². The molecule has 132 valence electrons. The Bertz CT molecular complexity index is 785. The zero-order valence-electron chi connectivity index (χ0n) is 14.1. The molecule has 25 heavy (non-hydrogen) atoms. The number of hydrogen-bond acceptors (Lipinski definition) is 5. The average Bonchev–Trinajstić information content (AvgIpc) is 2.58. The van der Waals surface area contributed by atoms with Gasteiger partial charge in [-0.1, -0.05) is 36.1 Å². The molecule has 1 unspecified atom stereocenters. The number of hydrogen-bond donors (Lipinski definition) is 1. The van der Waals surface area contributed by atoms with Crippen LogP contribution in [0.3, 0.4) is 0 Å². The third-order valence-electron chi connectivity index (χ3n) is 3.17. The van der Waals surface area contributed by atoms with Crippen molar-refractivity contribution in [2.75, 3.05) is 0 Å². The summed E-state index contributed by atoms with van der Waals surface area (Å²) in [4.78, 5) is 11.5. The SMILES string of the molecule is CC(C)OP(=O)([O-])OCc1ccc(C#Cc2ccc(CO)cc2)cc1. The van der Waals surface area contributed by atoms with Crippen LogP contribution in [0.2, 0.25) is 0 Å². The van der Waals surface area contributed by atoms with Crippen LogP contribution in [0.5, 0.6) is 0 Å². The smallest absolute Gasteiger partial charge is 0.268 e. The van der Waals surface area contributed by atoms with E-state index in [4.69, 9.17) is 14.2 Å². The van der Waals surface area contributed by atoms with E-state index in [0.717, 1.165) is 16.7 Å². The number of benzene rings is 2. The van der Waals surface area contributed by atoms with Gasteiger partial charge in [-0.3, -0.25) is 4.57 Å². The van der Waals surface area contributed by atoms with Gasteiger partial charge in [0.2, 0.25) is 0 Å². The minimum Gasteiger partial charge on any atom is -0.756 e. The number of aliphatic hydroxyl groups is 1. The second kappa shape index (κ2) is 8.96. The maximum atomic E-state index is 11.5. The lowest BCUT2D eigenvalue weighted by molar-refractivity contribution is -0.229. The molecule has 2 rings (SSSR count). The van der Waals surface area contributed by atoms with Crippen molar-refractivity contribution in [3.05, 3.63) is 70.8 Å². The van der Waals surface area contributed by atoms with Gasteiger partial charge < -0.3 is 19.0 Å². The van der Waals surface area contributed by atoms with Gasteiger partial charge in [0.05, 0.1) is 19.3 Å². The van der Waals surface area contributed by atoms with E-state index >= 15 is 0 Å². The summed E-state index contributed by atoms with van der Waals surface area (Å²) in [7, 11) is -4.28. The van der Waals surface area contributed by atoms with Gasteiger partial charge in [0.25, 0.3) is 7.82 Å². The molecule has 0 heterocycles. The van der Waals surface area contributed by atoms with Gasteiger partial charge in [0, 0.05) is 11.1 Å². The van der Waals surface area contributed by atoms with Crippen LogP contribution in [-0.4, -0.2) is 11.2 Å². The second-order valence-electron chi connectivity index (χ2n) is 5.68. The molecule has 0 spiro atoms. The summed E-state index contributed by atoms with van der Waals surface area (Å²) < 4.78 is 21.1. The first-order chi connectivity index (χ1) is 11.9. The largest absolute Gasteiger partial charge is 0.756 e. The molecule has 0 aliphatic rings. The van der Waals surface area contributed by atoms with E-state index in [1.807, 2.05) is 24.3 Å². The van der Waals surface area contributed by atoms with Crippen LogP contribution in [0.15, 0.2) is 48.5 Å². The number of phosphoric ester groups is 1. The normalized spacial score (nSPS) is 13.2. The summed E-state index contributed by atoms with van der Waals surface area (Å²) in [5, 5.41) is 9.01. The van der Waals surface area contributed by atoms with E-state index in [2.05, 4.69) is 11.8 Å². The molecule has 1 atom stereocenters. The first-order valence-electron chi connectivity index (χ1n) is 7.83. The Morgan fingerprint density at radius 1 is 1.00 bits per heavy atom. The summed E-state index contributed by atoms with van der Waals surface area (Å²) in [5.41, 5.74) is 3.20. The van der Waals surface area contributed by atoms with Crippen molar-refractivity contribution in [2.45, 2.75) is 33.2 Å². The Balaban J connectivity index is 1.96. The molecule has 1 N–H and O–H groups in total. The van der Waals surface area contributed by atoms with E-state index in [0.29, 0.717) is 5.56 Å². The lowest BCUT2D eigenvalue weighted by atomic mass is 10.1. The minimum absolute atomic E-state index is 0.00966. The monoisotopic (exact) mass is 359 g/mol. The fourth-order valence-electron chi connectivity index (χ4n) is 1.96. The maximum Gasteiger partial charge on any atom is 0.268 e. The lowest BCUT2D eigenvalue weighted by Gasteiger charge is -2.24. The van der Waals surface area contributed by atoms with Gasteiger partial charge in [0.1, 0.15) is 0 Å². The minimum atomic E-state index is -4.28. The molecule has 2 aromatic rings. The fraction of sp³-hybridized carbons (Fsp3) is 0.263. The van der Waals surface area contributed by atoms with Crippen LogP contribution in [0, 0.1) is 11.8 Å². The summed E-state index contributed by atoms with van der Waals surface area (Å²) in [5.74, 6) is 6.06. The predicted octanol–water partition coefficient (Wildman–Crippen LogP) is 2.99. The first kappa shape index (κ1) is 19.4. The Morgan fingerprint density at radius 2 is 1.48 bits per heavy atom. The lowest BCUT2D eigenvalue weighted by Crippen LogP contribution is -2.12. The van der Waals surface area contributed by atoms with E-state index in [1.165, 1.54) is 0 Å². The molecule has 0 amide bonds. The molecule has 0 saturated heterocycles. The van der Waals surface area contributed by atoms with Crippen molar-refractivity contribution >= 4 is 7.82 Å². The first-order valence-corrected chi connectivity index (χ1v) is 9.29. The van der Waals surface area contributed by atoms with Crippen LogP contribution in [0.25, 0.3) is 0 Å². The van der Waals surface area contributed by atoms with E-state index < -0.39 is 13.9 Å². The fourth-order valence-corrected chi connectivity index (χ4v) is 2.85. The zero-order valence-corrected chi connectivity index (χ0v) is 15.0. The van der Waals surface area contributed by atoms with E-state index in [9.17, 15) is 9.46 Å². The van der Waals surface area contributed by atoms with Crippen molar-refractivity contribution in [1.29, 1.82) is 0 Å². The number of aliphatic hydroxyl groups excluding tert-OH is 1. The van der Waals surface area contributed by atoms with Gasteiger partial charge in [-0.05, 0) is 49.2 Å². The molecular weight excluding hydrogens is 339 g/mol. The molecule has 0 fully saturated rings. The molecule has 5 nitrogen and oxygen atoms in total. The van der Waals surface area contributed by atoms with Gasteiger partial charge >= 0.3 is 0 Å². The van der Waals surface area contributed by atoms with Crippen LogP contribution in [-0.2, 0) is 26.8 Å². The standard InChI is InChI=1S/C19H21O5P/c1-15(2)24-25(21,22)23-14-19-11-7-17(8-12-19)4-3-16-5-9-18(13-20)10-6-16/h5-12,15,20H,13-14H2,1-2H3,(H,21,22)/p-1. The molecule has 2 aromatic carbocycles. The Morgan fingerprint density at radius 3 is 1.92 bits per heavy atom. The highest BCUT2D eigenvalue weighted by molar-refractivity contribution is 7.45. The molecule has 0 aromatic heterocycles. The van der Waals surface area contributed by atoms with Crippen molar-refractivity contribution in [1.82, 2.24) is 0 Å². The van der Waals surface area contributed by atoms with Crippen molar-refractivity contribution in [3.8, 4) is 11.8 Å². The van der Waals surface area contributed by atoms with Crippen LogP contribution in [0.4, 0.5) is 0 Å². The molecule has 0 aliphatic heterocycles. The zero-order chi connectivity index (χ0) is 18.3. The average molecular weight is 359 g/mol. The van der Waals surface area contributed by atoms with Crippen molar-refractivity contribution in [2.24, 2.45) is 0 Å². The third-order valence-corrected chi connectivity index (χ3v) is 4.30. The Labute approximate surface area is 147 Å². The highest BCUT2D eigenvalue weighted by Gasteiger charge is 2.11. The van der Waals surface area contributed by atoms with Crippen LogP contribution >= 0.6 is 7.82 Å². The molecule has 0 aliphatic carbocycles. The maximum absolute atomic E-state index is 11.5. The molecule has 0 bridgehead atoms. The topological polar surface area (TPSA) is 78.8 Å². The summed E-state index contributed by atoms with van der Waals surface area (Å²) in [6, 6.07) is 14.5. The predicted molar refractivity (Wildman–Crippen MR) is 93.4 cm³/mol. The Kier molecular flexibility index (Phi) is 6.95. The molecule has 6 heteroatoms. The summed E-state index contributed by atoms with van der Waals surface area (Å²) >= 11 is 0. The van der Waals surface area contributed by atoms with E-state index in [1.54, 1.807) is 38.1 Å². The number of phosphoric acid groups is 1. The molecular formula is C19H20O5P-. The number of rotatable bonds is 6. The second-order valence-corrected chi connectivity index (χ2v) is 7.04. The van der Waals surface area contributed by atoms with Gasteiger partial charge in [-0.25, -0.2) is 0 Å². The van der Waals surface area contributed by atoms with Crippen LogP contribution in [0.1, 0.15) is 36.1 Å². The summed E-state index contributed by atoms with van der Waals surface area (Å²) in [6.07, 6.45) is -0.451. The molecule has 0 radical (unpaired) electrons. The van der Waals surface area contributed by atoms with Gasteiger partial charge in [-0.2, -0.15) is 0 Å². The quantitative estimate of drug-likeness (QED) is 0.634. The summed E-state index contributed by atoms with van der Waals surface area (Å²) in [6.45, 7) is 3.18. The van der Waals surface area contributed by atoms with Gasteiger partial charge in [0.15, 0.2) is 0 Å². The van der Waals surface area contributed by atoms with E-state index in [-0.39, 0.29) is 13.2 Å². The van der Waals surface area contributed by atoms with Gasteiger partial charge in [-0.15, -0.1) is 0 Å². The third kappa shape index (κ3) is 6.83.